The molecule has 6 heteroatoms. The molecule has 1 unspecified atom stereocenters. The van der Waals surface area contributed by atoms with E-state index in [1.54, 1.807) is 12.1 Å². The minimum atomic E-state index is -0.118. The molecule has 5 nitrogen and oxygen atoms in total. The van der Waals surface area contributed by atoms with Crippen molar-refractivity contribution in [3.8, 4) is 0 Å². The Balaban J connectivity index is 0.00000220. The van der Waals surface area contributed by atoms with Crippen molar-refractivity contribution in [3.05, 3.63) is 35.4 Å². The van der Waals surface area contributed by atoms with Gasteiger partial charge in [-0.15, -0.1) is 12.4 Å². The van der Waals surface area contributed by atoms with Gasteiger partial charge in [-0.2, -0.15) is 0 Å². The number of rotatable bonds is 5. The molecule has 1 aromatic rings. The molecular weight excluding hydrogens is 290 g/mol. The van der Waals surface area contributed by atoms with Gasteiger partial charge in [-0.1, -0.05) is 12.1 Å². The first-order valence-electron chi connectivity index (χ1n) is 6.98. The number of hydrogen-bond acceptors (Lipinski definition) is 3. The van der Waals surface area contributed by atoms with Crippen molar-refractivity contribution in [3.63, 3.8) is 0 Å². The number of carbonyl (C=O) groups excluding carboxylic acids is 2. The number of amides is 2. The molecule has 1 aromatic carbocycles. The van der Waals surface area contributed by atoms with Crippen LogP contribution in [0.15, 0.2) is 24.3 Å². The number of hydrogen-bond donors (Lipinski definition) is 2. The summed E-state index contributed by atoms with van der Waals surface area (Å²) >= 11 is 0. The van der Waals surface area contributed by atoms with Gasteiger partial charge in [0, 0.05) is 37.7 Å². The summed E-state index contributed by atoms with van der Waals surface area (Å²) in [7, 11) is 0. The van der Waals surface area contributed by atoms with Crippen LogP contribution < -0.4 is 11.1 Å². The maximum Gasteiger partial charge on any atom is 0.251 e. The van der Waals surface area contributed by atoms with Gasteiger partial charge in [0.25, 0.3) is 5.91 Å². The third-order valence-electron chi connectivity index (χ3n) is 3.49. The molecule has 116 valence electrons. The second-order valence-electron chi connectivity index (χ2n) is 5.22. The van der Waals surface area contributed by atoms with Gasteiger partial charge in [-0.3, -0.25) is 9.59 Å². The highest BCUT2D eigenvalue weighted by atomic mass is 35.5. The van der Waals surface area contributed by atoms with Crippen molar-refractivity contribution >= 4 is 24.2 Å². The molecule has 2 amide bonds. The van der Waals surface area contributed by atoms with E-state index in [1.165, 1.54) is 0 Å². The van der Waals surface area contributed by atoms with Gasteiger partial charge < -0.3 is 16.0 Å². The molecule has 3 N–H and O–H groups in total. The summed E-state index contributed by atoms with van der Waals surface area (Å²) in [5, 5.41) is 2.92. The van der Waals surface area contributed by atoms with Crippen LogP contribution in [0, 0.1) is 0 Å². The monoisotopic (exact) mass is 311 g/mol. The van der Waals surface area contributed by atoms with Crippen LogP contribution in [0.1, 0.15) is 35.7 Å². The van der Waals surface area contributed by atoms with Crippen molar-refractivity contribution < 1.29 is 9.59 Å². The van der Waals surface area contributed by atoms with Crippen molar-refractivity contribution in [2.24, 2.45) is 5.73 Å². The average Bonchev–Trinajstić information content (AvgIpc) is 2.84. The van der Waals surface area contributed by atoms with Crippen LogP contribution in [-0.4, -0.2) is 35.8 Å². The SMILES string of the molecule is CC(CN1CCCC1=O)NC(=O)c1ccc(CN)cc1.Cl. The zero-order valence-corrected chi connectivity index (χ0v) is 13.0. The van der Waals surface area contributed by atoms with Crippen molar-refractivity contribution in [1.29, 1.82) is 0 Å². The van der Waals surface area contributed by atoms with Crippen molar-refractivity contribution in [2.45, 2.75) is 32.4 Å². The lowest BCUT2D eigenvalue weighted by Gasteiger charge is -2.21. The van der Waals surface area contributed by atoms with Gasteiger partial charge >= 0.3 is 0 Å². The molecule has 1 aliphatic heterocycles. The predicted molar refractivity (Wildman–Crippen MR) is 84.3 cm³/mol. The number of nitrogens with one attached hydrogen (secondary N) is 1. The summed E-state index contributed by atoms with van der Waals surface area (Å²) < 4.78 is 0. The number of benzene rings is 1. The minimum Gasteiger partial charge on any atom is -0.348 e. The van der Waals surface area contributed by atoms with Gasteiger partial charge in [0.15, 0.2) is 0 Å². The Morgan fingerprint density at radius 1 is 1.38 bits per heavy atom. The Morgan fingerprint density at radius 2 is 2.05 bits per heavy atom. The molecule has 1 aliphatic rings. The second kappa shape index (κ2) is 8.00. The Morgan fingerprint density at radius 3 is 2.57 bits per heavy atom. The summed E-state index contributed by atoms with van der Waals surface area (Å²) in [4.78, 5) is 25.4. The standard InChI is InChI=1S/C15H21N3O2.ClH/c1-11(10-18-8-2-3-14(18)19)17-15(20)13-6-4-12(9-16)5-7-13;/h4-7,11H,2-3,8-10,16H2,1H3,(H,17,20);1H. The molecule has 0 aliphatic carbocycles. The van der Waals surface area contributed by atoms with Gasteiger partial charge in [-0.25, -0.2) is 0 Å². The predicted octanol–water partition coefficient (Wildman–Crippen LogP) is 1.31. The molecule has 0 aromatic heterocycles. The number of nitrogens with two attached hydrogens (primary N) is 1. The average molecular weight is 312 g/mol. The maximum atomic E-state index is 12.1. The summed E-state index contributed by atoms with van der Waals surface area (Å²) in [6, 6.07) is 7.18. The largest absolute Gasteiger partial charge is 0.348 e. The van der Waals surface area contributed by atoms with E-state index in [0.29, 0.717) is 25.1 Å². The lowest BCUT2D eigenvalue weighted by Crippen LogP contribution is -2.42. The van der Waals surface area contributed by atoms with Crippen LogP contribution in [0.4, 0.5) is 0 Å². The highest BCUT2D eigenvalue weighted by molar-refractivity contribution is 5.94. The molecule has 1 atom stereocenters. The van der Waals surface area contributed by atoms with E-state index in [-0.39, 0.29) is 30.3 Å². The molecule has 0 saturated carbocycles. The van der Waals surface area contributed by atoms with Gasteiger partial charge in [0.1, 0.15) is 0 Å². The van der Waals surface area contributed by atoms with Crippen LogP contribution in [0.3, 0.4) is 0 Å². The van der Waals surface area contributed by atoms with Crippen LogP contribution in [0.5, 0.6) is 0 Å². The molecule has 0 spiro atoms. The van der Waals surface area contributed by atoms with E-state index in [2.05, 4.69) is 5.32 Å². The molecule has 21 heavy (non-hydrogen) atoms. The molecule has 0 radical (unpaired) electrons. The lowest BCUT2D eigenvalue weighted by atomic mass is 10.1. The molecule has 1 fully saturated rings. The van der Waals surface area contributed by atoms with Gasteiger partial charge in [0.2, 0.25) is 5.91 Å². The number of halogens is 1. The zero-order valence-electron chi connectivity index (χ0n) is 12.2. The third kappa shape index (κ3) is 4.72. The molecule has 1 saturated heterocycles. The van der Waals surface area contributed by atoms with Crippen LogP contribution in [0.2, 0.25) is 0 Å². The first kappa shape index (κ1) is 17.5. The lowest BCUT2D eigenvalue weighted by molar-refractivity contribution is -0.127. The molecule has 1 heterocycles. The van der Waals surface area contributed by atoms with Gasteiger partial charge in [-0.05, 0) is 31.0 Å². The zero-order chi connectivity index (χ0) is 14.5. The quantitative estimate of drug-likeness (QED) is 0.861. The maximum absolute atomic E-state index is 12.1. The van der Waals surface area contributed by atoms with Crippen LogP contribution >= 0.6 is 12.4 Å². The fraction of sp³-hybridized carbons (Fsp3) is 0.467. The Labute approximate surface area is 131 Å². The van der Waals surface area contributed by atoms with Crippen molar-refractivity contribution in [1.82, 2.24) is 10.2 Å². The Hall–Kier alpha value is -1.59. The summed E-state index contributed by atoms with van der Waals surface area (Å²) in [5.41, 5.74) is 7.13. The van der Waals surface area contributed by atoms with Crippen molar-refractivity contribution in [2.75, 3.05) is 13.1 Å². The first-order chi connectivity index (χ1) is 9.60. The van der Waals surface area contributed by atoms with Crippen LogP contribution in [-0.2, 0) is 11.3 Å². The highest BCUT2D eigenvalue weighted by Gasteiger charge is 2.22. The Bertz CT molecular complexity index is 490. The van der Waals surface area contributed by atoms with E-state index < -0.39 is 0 Å². The summed E-state index contributed by atoms with van der Waals surface area (Å²) in [6.07, 6.45) is 1.54. The van der Waals surface area contributed by atoms with E-state index in [9.17, 15) is 9.59 Å². The third-order valence-corrected chi connectivity index (χ3v) is 3.49. The number of nitrogens with zero attached hydrogens (tertiary/aromatic N) is 1. The first-order valence-corrected chi connectivity index (χ1v) is 6.98. The normalized spacial score (nSPS) is 15.5. The number of carbonyl (C=O) groups is 2. The topological polar surface area (TPSA) is 75.4 Å². The highest BCUT2D eigenvalue weighted by Crippen LogP contribution is 2.10. The fourth-order valence-corrected chi connectivity index (χ4v) is 2.37. The van der Waals surface area contributed by atoms with E-state index >= 15 is 0 Å². The fourth-order valence-electron chi connectivity index (χ4n) is 2.37. The summed E-state index contributed by atoms with van der Waals surface area (Å²) in [6.45, 7) is 3.75. The Kier molecular flexibility index (Phi) is 6.65. The summed E-state index contributed by atoms with van der Waals surface area (Å²) in [5.74, 6) is 0.0612. The molecular formula is C15H22ClN3O2. The second-order valence-corrected chi connectivity index (χ2v) is 5.22. The van der Waals surface area contributed by atoms with E-state index in [4.69, 9.17) is 5.73 Å². The number of likely N-dealkylation sites (tertiary alicyclic amines) is 1. The van der Waals surface area contributed by atoms with E-state index in [0.717, 1.165) is 18.5 Å². The smallest absolute Gasteiger partial charge is 0.251 e. The molecule has 2 rings (SSSR count). The van der Waals surface area contributed by atoms with Crippen LogP contribution in [0.25, 0.3) is 0 Å². The van der Waals surface area contributed by atoms with Gasteiger partial charge in [0.05, 0.1) is 0 Å². The minimum absolute atomic E-state index is 0. The van der Waals surface area contributed by atoms with E-state index in [1.807, 2.05) is 24.0 Å². The molecule has 0 bridgehead atoms.